The molecule has 4 heteroatoms. The quantitative estimate of drug-likeness (QED) is 0.205. The maximum Gasteiger partial charge on any atom is 0.138 e. The van der Waals surface area contributed by atoms with Crippen molar-refractivity contribution in [3.63, 3.8) is 0 Å². The van der Waals surface area contributed by atoms with Crippen LogP contribution in [0.1, 0.15) is 22.3 Å². The summed E-state index contributed by atoms with van der Waals surface area (Å²) in [6, 6.07) is 44.8. The van der Waals surface area contributed by atoms with Gasteiger partial charge in [-0.05, 0) is 34.4 Å². The van der Waals surface area contributed by atoms with E-state index in [1.54, 1.807) is 6.08 Å². The minimum Gasteiger partial charge on any atom is -0.253 e. The molecule has 0 bridgehead atoms. The Balaban J connectivity index is 1.67. The van der Waals surface area contributed by atoms with Crippen LogP contribution in [0.15, 0.2) is 133 Å². The van der Waals surface area contributed by atoms with Crippen LogP contribution in [-0.4, -0.2) is 9.78 Å². The lowest BCUT2D eigenvalue weighted by Crippen LogP contribution is -2.38. The molecule has 36 heavy (non-hydrogen) atoms. The van der Waals surface area contributed by atoms with Crippen molar-refractivity contribution < 1.29 is 0 Å². The highest BCUT2D eigenvalue weighted by molar-refractivity contribution is 5.66. The zero-order valence-electron chi connectivity index (χ0n) is 19.5. The lowest BCUT2D eigenvalue weighted by atomic mass is 9.77. The molecule has 0 aliphatic carbocycles. The Labute approximate surface area is 210 Å². The molecule has 0 unspecified atom stereocenters. The van der Waals surface area contributed by atoms with Crippen LogP contribution in [0.5, 0.6) is 0 Å². The van der Waals surface area contributed by atoms with E-state index < -0.39 is 5.54 Å². The normalized spacial score (nSPS) is 10.7. The van der Waals surface area contributed by atoms with Gasteiger partial charge in [-0.1, -0.05) is 115 Å². The van der Waals surface area contributed by atoms with Gasteiger partial charge in [-0.15, -0.1) is 0 Å². The summed E-state index contributed by atoms with van der Waals surface area (Å²) in [5.74, 6) is 0. The molecule has 0 aliphatic rings. The number of benzene rings is 4. The van der Waals surface area contributed by atoms with Gasteiger partial charge in [-0.2, -0.15) is 15.6 Å². The van der Waals surface area contributed by atoms with Crippen molar-refractivity contribution in [2.45, 2.75) is 5.54 Å². The molecule has 0 fully saturated rings. The molecule has 0 saturated heterocycles. The summed E-state index contributed by atoms with van der Waals surface area (Å²) >= 11 is 0. The molecule has 170 valence electrons. The second-order valence-electron chi connectivity index (χ2n) is 8.36. The molecule has 5 aromatic rings. The number of rotatable bonds is 6. The van der Waals surface area contributed by atoms with Gasteiger partial charge < -0.3 is 0 Å². The van der Waals surface area contributed by atoms with Crippen LogP contribution in [0.2, 0.25) is 0 Å². The molecule has 0 radical (unpaired) electrons. The summed E-state index contributed by atoms with van der Waals surface area (Å²) in [5, 5.41) is 23.2. The van der Waals surface area contributed by atoms with Crippen molar-refractivity contribution in [1.29, 1.82) is 10.5 Å². The number of hydrogen-bond acceptors (Lipinski definition) is 3. The van der Waals surface area contributed by atoms with E-state index >= 15 is 0 Å². The highest BCUT2D eigenvalue weighted by Gasteiger charge is 2.39. The lowest BCUT2D eigenvalue weighted by Gasteiger charge is -2.36. The second-order valence-corrected chi connectivity index (χ2v) is 8.36. The van der Waals surface area contributed by atoms with E-state index in [0.29, 0.717) is 0 Å². The van der Waals surface area contributed by atoms with Gasteiger partial charge in [0.2, 0.25) is 0 Å². The van der Waals surface area contributed by atoms with E-state index in [4.69, 9.17) is 15.6 Å². The Hall–Kier alpha value is -5.19. The molecule has 0 N–H and O–H groups in total. The van der Waals surface area contributed by atoms with Gasteiger partial charge in [0.1, 0.15) is 23.3 Å². The lowest BCUT2D eigenvalue weighted by molar-refractivity contribution is 0.461. The van der Waals surface area contributed by atoms with Crippen LogP contribution in [0, 0.1) is 22.7 Å². The molecule has 0 atom stereocenters. The zero-order chi connectivity index (χ0) is 24.8. The van der Waals surface area contributed by atoms with Gasteiger partial charge in [0.25, 0.3) is 0 Å². The van der Waals surface area contributed by atoms with Crippen LogP contribution in [0.3, 0.4) is 0 Å². The van der Waals surface area contributed by atoms with Crippen LogP contribution < -0.4 is 0 Å². The third-order valence-electron chi connectivity index (χ3n) is 6.27. The van der Waals surface area contributed by atoms with Crippen LogP contribution in [0.4, 0.5) is 0 Å². The SMILES string of the molecule is N#CC(C#N)=Cc1ccc(-c2ccn(C(c3ccccc3)(c3ccccc3)c3ccccc3)n2)cc1. The summed E-state index contributed by atoms with van der Waals surface area (Å²) in [5.41, 5.74) is 5.31. The predicted octanol–water partition coefficient (Wildman–Crippen LogP) is 6.82. The van der Waals surface area contributed by atoms with E-state index in [1.165, 1.54) is 0 Å². The second kappa shape index (κ2) is 9.97. The first-order chi connectivity index (χ1) is 17.8. The van der Waals surface area contributed by atoms with Crippen molar-refractivity contribution >= 4 is 6.08 Å². The van der Waals surface area contributed by atoms with Gasteiger partial charge in [-0.3, -0.25) is 4.68 Å². The van der Waals surface area contributed by atoms with Gasteiger partial charge in [0.05, 0.1) is 5.69 Å². The topological polar surface area (TPSA) is 65.4 Å². The number of allylic oxidation sites excluding steroid dienone is 1. The summed E-state index contributed by atoms with van der Waals surface area (Å²) in [4.78, 5) is 0. The highest BCUT2D eigenvalue weighted by Crippen LogP contribution is 2.40. The molecule has 4 nitrogen and oxygen atoms in total. The first-order valence-electron chi connectivity index (χ1n) is 11.6. The summed E-state index contributed by atoms with van der Waals surface area (Å²) in [7, 11) is 0. The number of aromatic nitrogens is 2. The Morgan fingerprint density at radius 2 is 1.11 bits per heavy atom. The third kappa shape index (κ3) is 4.09. The summed E-state index contributed by atoms with van der Waals surface area (Å²) in [6.07, 6.45) is 3.60. The monoisotopic (exact) mass is 462 g/mol. The first kappa shape index (κ1) is 22.6. The van der Waals surface area contributed by atoms with Crippen LogP contribution in [0.25, 0.3) is 17.3 Å². The van der Waals surface area contributed by atoms with Crippen molar-refractivity contribution in [1.82, 2.24) is 9.78 Å². The van der Waals surface area contributed by atoms with Crippen LogP contribution in [-0.2, 0) is 5.54 Å². The molecule has 5 rings (SSSR count). The van der Waals surface area contributed by atoms with E-state index in [-0.39, 0.29) is 5.57 Å². The number of nitriles is 2. The Kier molecular flexibility index (Phi) is 6.26. The summed E-state index contributed by atoms with van der Waals surface area (Å²) < 4.78 is 2.04. The average molecular weight is 463 g/mol. The minimum atomic E-state index is -0.667. The van der Waals surface area contributed by atoms with Gasteiger partial charge in [0.15, 0.2) is 0 Å². The minimum absolute atomic E-state index is 0.0744. The molecule has 1 heterocycles. The van der Waals surface area contributed by atoms with E-state index in [0.717, 1.165) is 33.5 Å². The molecule has 4 aromatic carbocycles. The highest BCUT2D eigenvalue weighted by atomic mass is 15.3. The molecule has 0 saturated carbocycles. The van der Waals surface area contributed by atoms with E-state index in [9.17, 15) is 0 Å². The van der Waals surface area contributed by atoms with Crippen molar-refractivity contribution in [2.75, 3.05) is 0 Å². The van der Waals surface area contributed by atoms with Gasteiger partial charge in [-0.25, -0.2) is 0 Å². The average Bonchev–Trinajstić information content (AvgIpc) is 3.45. The van der Waals surface area contributed by atoms with E-state index in [2.05, 4.69) is 72.8 Å². The Morgan fingerprint density at radius 1 is 0.639 bits per heavy atom. The van der Waals surface area contributed by atoms with Gasteiger partial charge >= 0.3 is 0 Å². The predicted molar refractivity (Wildman–Crippen MR) is 141 cm³/mol. The third-order valence-corrected chi connectivity index (χ3v) is 6.27. The molecule has 0 aliphatic heterocycles. The fraction of sp³-hybridized carbons (Fsp3) is 0.0312. The fourth-order valence-corrected chi connectivity index (χ4v) is 4.61. The molecule has 0 amide bonds. The number of nitrogens with zero attached hydrogens (tertiary/aromatic N) is 4. The Bertz CT molecular complexity index is 1460. The Morgan fingerprint density at radius 3 is 1.56 bits per heavy atom. The smallest absolute Gasteiger partial charge is 0.138 e. The maximum absolute atomic E-state index is 9.03. The maximum atomic E-state index is 9.03. The van der Waals surface area contributed by atoms with E-state index in [1.807, 2.05) is 71.5 Å². The standard InChI is InChI=1S/C32H22N4/c33-23-26(24-34)22-25-16-18-27(19-17-25)31-20-21-36(35-31)32(28-10-4-1-5-11-28,29-12-6-2-7-13-29)30-14-8-3-9-15-30/h1-22H. The molecular formula is C32H22N4. The molecular weight excluding hydrogens is 440 g/mol. The van der Waals surface area contributed by atoms with Gasteiger partial charge in [0, 0.05) is 11.8 Å². The number of hydrogen-bond donors (Lipinski definition) is 0. The van der Waals surface area contributed by atoms with Crippen molar-refractivity contribution in [3.8, 4) is 23.4 Å². The zero-order valence-corrected chi connectivity index (χ0v) is 19.5. The summed E-state index contributed by atoms with van der Waals surface area (Å²) in [6.45, 7) is 0. The largest absolute Gasteiger partial charge is 0.253 e. The fourth-order valence-electron chi connectivity index (χ4n) is 4.61. The van der Waals surface area contributed by atoms with Crippen molar-refractivity contribution in [3.05, 3.63) is 155 Å². The molecule has 1 aromatic heterocycles. The molecule has 0 spiro atoms. The van der Waals surface area contributed by atoms with Crippen LogP contribution >= 0.6 is 0 Å². The van der Waals surface area contributed by atoms with Crippen molar-refractivity contribution in [2.24, 2.45) is 0 Å². The first-order valence-corrected chi connectivity index (χ1v) is 11.6.